The summed E-state index contributed by atoms with van der Waals surface area (Å²) in [7, 11) is -3.52. The van der Waals surface area contributed by atoms with Crippen LogP contribution in [0.25, 0.3) is 0 Å². The van der Waals surface area contributed by atoms with Gasteiger partial charge in [-0.1, -0.05) is 23.7 Å². The van der Waals surface area contributed by atoms with E-state index >= 15 is 0 Å². The number of benzene rings is 1. The van der Waals surface area contributed by atoms with Crippen LogP contribution in [0.5, 0.6) is 0 Å². The van der Waals surface area contributed by atoms with Gasteiger partial charge in [-0.15, -0.1) is 11.3 Å². The summed E-state index contributed by atoms with van der Waals surface area (Å²) in [5, 5.41) is 0.276. The molecule has 0 amide bonds. The van der Waals surface area contributed by atoms with Crippen molar-refractivity contribution < 1.29 is 8.42 Å². The SMILES string of the molecule is O=S(=O)(c1ccccc1Cl)N1CCN(Cc2ccc(Br)s2)CC1. The van der Waals surface area contributed by atoms with Gasteiger partial charge in [0.2, 0.25) is 10.0 Å². The van der Waals surface area contributed by atoms with Gasteiger partial charge in [0.25, 0.3) is 0 Å². The molecule has 0 saturated carbocycles. The van der Waals surface area contributed by atoms with Crippen molar-refractivity contribution in [3.8, 4) is 0 Å². The fourth-order valence-corrected chi connectivity index (χ4v) is 6.02. The Kier molecular flexibility index (Phi) is 5.45. The average molecular weight is 436 g/mol. The minimum atomic E-state index is -3.52. The van der Waals surface area contributed by atoms with Crippen molar-refractivity contribution in [3.05, 3.63) is 50.1 Å². The van der Waals surface area contributed by atoms with Crippen LogP contribution in [0.3, 0.4) is 0 Å². The average Bonchev–Trinajstić information content (AvgIpc) is 2.93. The molecule has 23 heavy (non-hydrogen) atoms. The van der Waals surface area contributed by atoms with E-state index in [2.05, 4.69) is 26.9 Å². The van der Waals surface area contributed by atoms with Crippen LogP contribution in [0.15, 0.2) is 45.1 Å². The van der Waals surface area contributed by atoms with Gasteiger partial charge in [0, 0.05) is 37.6 Å². The fourth-order valence-electron chi connectivity index (χ4n) is 2.58. The molecule has 0 unspecified atom stereocenters. The smallest absolute Gasteiger partial charge is 0.244 e. The first-order chi connectivity index (χ1) is 11.0. The zero-order valence-corrected chi connectivity index (χ0v) is 16.3. The predicted octanol–water partition coefficient (Wildman–Crippen LogP) is 3.67. The van der Waals surface area contributed by atoms with Gasteiger partial charge in [-0.3, -0.25) is 4.90 Å². The number of thiophene rings is 1. The molecular formula is C15H16BrClN2O2S2. The minimum absolute atomic E-state index is 0.192. The topological polar surface area (TPSA) is 40.6 Å². The molecule has 0 radical (unpaired) electrons. The van der Waals surface area contributed by atoms with Crippen LogP contribution in [0, 0.1) is 0 Å². The molecule has 1 fully saturated rings. The van der Waals surface area contributed by atoms with Crippen molar-refractivity contribution in [1.29, 1.82) is 0 Å². The molecule has 4 nitrogen and oxygen atoms in total. The van der Waals surface area contributed by atoms with Crippen LogP contribution in [-0.2, 0) is 16.6 Å². The van der Waals surface area contributed by atoms with Gasteiger partial charge in [0.05, 0.1) is 8.81 Å². The summed E-state index contributed by atoms with van der Waals surface area (Å²) < 4.78 is 28.0. The molecule has 1 aliphatic heterocycles. The Morgan fingerprint density at radius 1 is 1.09 bits per heavy atom. The van der Waals surface area contributed by atoms with Gasteiger partial charge >= 0.3 is 0 Å². The lowest BCUT2D eigenvalue weighted by Crippen LogP contribution is -2.48. The minimum Gasteiger partial charge on any atom is -0.296 e. The molecule has 1 saturated heterocycles. The molecule has 0 N–H and O–H groups in total. The Morgan fingerprint density at radius 2 is 1.78 bits per heavy atom. The lowest BCUT2D eigenvalue weighted by atomic mass is 10.3. The molecule has 1 aromatic carbocycles. The molecule has 3 rings (SSSR count). The largest absolute Gasteiger partial charge is 0.296 e. The first-order valence-electron chi connectivity index (χ1n) is 7.18. The number of piperazine rings is 1. The fraction of sp³-hybridized carbons (Fsp3) is 0.333. The van der Waals surface area contributed by atoms with E-state index in [0.717, 1.165) is 23.4 Å². The quantitative estimate of drug-likeness (QED) is 0.736. The van der Waals surface area contributed by atoms with Crippen molar-refractivity contribution in [1.82, 2.24) is 9.21 Å². The Bertz CT molecular complexity index is 786. The summed E-state index contributed by atoms with van der Waals surface area (Å²) in [4.78, 5) is 3.74. The molecule has 124 valence electrons. The lowest BCUT2D eigenvalue weighted by Gasteiger charge is -2.33. The number of nitrogens with zero attached hydrogens (tertiary/aromatic N) is 2. The molecule has 0 atom stereocenters. The normalized spacial score (nSPS) is 17.5. The summed E-state index contributed by atoms with van der Waals surface area (Å²) in [6.07, 6.45) is 0. The van der Waals surface area contributed by atoms with Crippen molar-refractivity contribution in [2.75, 3.05) is 26.2 Å². The van der Waals surface area contributed by atoms with Gasteiger partial charge in [-0.2, -0.15) is 4.31 Å². The van der Waals surface area contributed by atoms with Crippen LogP contribution in [-0.4, -0.2) is 43.8 Å². The van der Waals surface area contributed by atoms with Crippen molar-refractivity contribution in [3.63, 3.8) is 0 Å². The zero-order chi connectivity index (χ0) is 16.4. The van der Waals surface area contributed by atoms with Gasteiger partial charge in [-0.05, 0) is 40.2 Å². The van der Waals surface area contributed by atoms with Crippen LogP contribution < -0.4 is 0 Å². The molecule has 2 heterocycles. The summed E-state index contributed by atoms with van der Waals surface area (Å²) in [5.74, 6) is 0. The van der Waals surface area contributed by atoms with E-state index in [1.54, 1.807) is 35.6 Å². The summed E-state index contributed by atoms with van der Waals surface area (Å²) in [6.45, 7) is 3.27. The molecular weight excluding hydrogens is 420 g/mol. The van der Waals surface area contributed by atoms with Crippen LogP contribution >= 0.6 is 38.9 Å². The van der Waals surface area contributed by atoms with Crippen LogP contribution in [0.2, 0.25) is 5.02 Å². The number of hydrogen-bond donors (Lipinski definition) is 0. The third-order valence-electron chi connectivity index (χ3n) is 3.79. The first kappa shape index (κ1) is 17.4. The highest BCUT2D eigenvalue weighted by atomic mass is 79.9. The second kappa shape index (κ2) is 7.21. The van der Waals surface area contributed by atoms with Gasteiger partial charge in [0.15, 0.2) is 0 Å². The van der Waals surface area contributed by atoms with Crippen LogP contribution in [0.4, 0.5) is 0 Å². The van der Waals surface area contributed by atoms with Crippen molar-refractivity contribution >= 4 is 48.9 Å². The zero-order valence-electron chi connectivity index (χ0n) is 12.3. The number of halogens is 2. The maximum absolute atomic E-state index is 12.7. The second-order valence-corrected chi connectivity index (χ2v) is 10.2. The molecule has 1 aliphatic rings. The maximum atomic E-state index is 12.7. The van der Waals surface area contributed by atoms with Crippen LogP contribution in [0.1, 0.15) is 4.88 Å². The van der Waals surface area contributed by atoms with Crippen molar-refractivity contribution in [2.45, 2.75) is 11.4 Å². The molecule has 8 heteroatoms. The molecule has 1 aromatic heterocycles. The highest BCUT2D eigenvalue weighted by molar-refractivity contribution is 9.11. The van der Waals surface area contributed by atoms with E-state index in [1.165, 1.54) is 9.18 Å². The number of sulfonamides is 1. The second-order valence-electron chi connectivity index (χ2n) is 5.32. The number of hydrogen-bond acceptors (Lipinski definition) is 4. The number of rotatable bonds is 4. The van der Waals surface area contributed by atoms with Gasteiger partial charge < -0.3 is 0 Å². The van der Waals surface area contributed by atoms with E-state index in [1.807, 2.05) is 6.07 Å². The summed E-state index contributed by atoms with van der Waals surface area (Å²) in [5.41, 5.74) is 0. The maximum Gasteiger partial charge on any atom is 0.244 e. The first-order valence-corrected chi connectivity index (χ1v) is 10.6. The monoisotopic (exact) mass is 434 g/mol. The Morgan fingerprint density at radius 3 is 2.39 bits per heavy atom. The lowest BCUT2D eigenvalue weighted by molar-refractivity contribution is 0.183. The standard InChI is InChI=1S/C15H16BrClN2O2S2/c16-15-6-5-12(22-15)11-18-7-9-19(10-8-18)23(20,21)14-4-2-1-3-13(14)17/h1-6H,7-11H2. The Labute approximate surface area is 153 Å². The van der Waals surface area contributed by atoms with E-state index in [9.17, 15) is 8.42 Å². The molecule has 2 aromatic rings. The van der Waals surface area contributed by atoms with E-state index in [4.69, 9.17) is 11.6 Å². The molecule has 0 spiro atoms. The van der Waals surface area contributed by atoms with Crippen molar-refractivity contribution in [2.24, 2.45) is 0 Å². The van der Waals surface area contributed by atoms with E-state index in [-0.39, 0.29) is 9.92 Å². The molecule has 0 aliphatic carbocycles. The Hall–Kier alpha value is -0.440. The molecule has 0 bridgehead atoms. The predicted molar refractivity (Wildman–Crippen MR) is 97.5 cm³/mol. The Balaban J connectivity index is 1.65. The summed E-state index contributed by atoms with van der Waals surface area (Å²) >= 11 is 11.2. The highest BCUT2D eigenvalue weighted by Crippen LogP contribution is 2.26. The van der Waals surface area contributed by atoms with E-state index < -0.39 is 10.0 Å². The van der Waals surface area contributed by atoms with Gasteiger partial charge in [0.1, 0.15) is 4.90 Å². The van der Waals surface area contributed by atoms with E-state index in [0.29, 0.717) is 13.1 Å². The third kappa shape index (κ3) is 3.97. The third-order valence-corrected chi connectivity index (χ3v) is 7.80. The highest BCUT2D eigenvalue weighted by Gasteiger charge is 2.29. The van der Waals surface area contributed by atoms with Gasteiger partial charge in [-0.25, -0.2) is 8.42 Å². The summed E-state index contributed by atoms with van der Waals surface area (Å²) in [6, 6.07) is 10.7.